The predicted molar refractivity (Wildman–Crippen MR) is 90.1 cm³/mol. The Morgan fingerprint density at radius 3 is 2.54 bits per heavy atom. The Kier molecular flexibility index (Phi) is 4.37. The molecule has 2 aromatic heterocycles. The van der Waals surface area contributed by atoms with Gasteiger partial charge < -0.3 is 19.0 Å². The zero-order valence-electron chi connectivity index (χ0n) is 14.5. The fourth-order valence-corrected chi connectivity index (χ4v) is 2.92. The van der Waals surface area contributed by atoms with Crippen LogP contribution in [0.15, 0.2) is 57.7 Å². The van der Waals surface area contributed by atoms with E-state index in [9.17, 15) is 18.0 Å². The number of hydrogen-bond acceptors (Lipinski definition) is 5. The number of hydrogen-bond donors (Lipinski definition) is 1. The Morgan fingerprint density at radius 1 is 1.18 bits per heavy atom. The highest BCUT2D eigenvalue weighted by molar-refractivity contribution is 5.90. The summed E-state index contributed by atoms with van der Waals surface area (Å²) < 4.78 is 50.9. The molecule has 1 saturated carbocycles. The molecule has 0 unspecified atom stereocenters. The van der Waals surface area contributed by atoms with E-state index in [0.29, 0.717) is 35.6 Å². The molecule has 1 aliphatic carbocycles. The van der Waals surface area contributed by atoms with Gasteiger partial charge in [-0.2, -0.15) is 0 Å². The van der Waals surface area contributed by atoms with Gasteiger partial charge in [-0.05, 0) is 42.7 Å². The molecule has 2 heterocycles. The summed E-state index contributed by atoms with van der Waals surface area (Å²) in [6, 6.07) is 10.5. The summed E-state index contributed by atoms with van der Waals surface area (Å²) in [4.78, 5) is 12.7. The first-order valence-corrected chi connectivity index (χ1v) is 8.50. The molecule has 6 nitrogen and oxygen atoms in total. The first-order chi connectivity index (χ1) is 13.4. The summed E-state index contributed by atoms with van der Waals surface area (Å²) in [7, 11) is 0. The van der Waals surface area contributed by atoms with Gasteiger partial charge >= 0.3 is 6.36 Å². The molecular weight excluding hydrogens is 377 g/mol. The molecule has 3 aromatic rings. The van der Waals surface area contributed by atoms with Crippen LogP contribution in [0.5, 0.6) is 5.75 Å². The minimum atomic E-state index is -4.74. The number of aromatic nitrogens is 1. The Balaban J connectivity index is 1.39. The number of nitrogens with zero attached hydrogens (tertiary/aromatic N) is 1. The molecule has 1 aliphatic rings. The van der Waals surface area contributed by atoms with Gasteiger partial charge in [0, 0.05) is 12.6 Å². The van der Waals surface area contributed by atoms with E-state index >= 15 is 0 Å². The Bertz CT molecular complexity index is 958. The second kappa shape index (κ2) is 6.74. The fourth-order valence-electron chi connectivity index (χ4n) is 2.92. The molecule has 0 bridgehead atoms. The molecule has 28 heavy (non-hydrogen) atoms. The van der Waals surface area contributed by atoms with Crippen molar-refractivity contribution < 1.29 is 31.6 Å². The van der Waals surface area contributed by atoms with E-state index in [2.05, 4.69) is 15.2 Å². The zero-order chi connectivity index (χ0) is 19.8. The van der Waals surface area contributed by atoms with Crippen molar-refractivity contribution in [3.05, 3.63) is 60.0 Å². The average Bonchev–Trinajstić information content (AvgIpc) is 3.07. The standard InChI is InChI=1S/C19H15F3N2O4/c20-19(21,22)27-13-5-3-12(4-6-13)11-23-17(25)18(7-8-18)16-10-15(28-24-16)14-2-1-9-26-14/h1-6,9-10H,7-8,11H2,(H,23,25). The molecular formula is C19H15F3N2O4. The highest BCUT2D eigenvalue weighted by Gasteiger charge is 2.53. The van der Waals surface area contributed by atoms with Crippen molar-refractivity contribution >= 4 is 5.91 Å². The van der Waals surface area contributed by atoms with Crippen LogP contribution in [0.2, 0.25) is 0 Å². The van der Waals surface area contributed by atoms with Gasteiger partial charge in [-0.15, -0.1) is 13.2 Å². The molecule has 0 aliphatic heterocycles. The van der Waals surface area contributed by atoms with Crippen molar-refractivity contribution in [2.45, 2.75) is 31.2 Å². The Hall–Kier alpha value is -3.23. The number of carbonyl (C=O) groups excluding carboxylic acids is 1. The number of alkyl halides is 3. The van der Waals surface area contributed by atoms with Crippen LogP contribution in [0.1, 0.15) is 24.1 Å². The van der Waals surface area contributed by atoms with Crippen LogP contribution in [0.3, 0.4) is 0 Å². The summed E-state index contributed by atoms with van der Waals surface area (Å²) in [6.07, 6.45) is -1.94. The maximum absolute atomic E-state index is 12.7. The van der Waals surface area contributed by atoms with E-state index in [-0.39, 0.29) is 18.2 Å². The van der Waals surface area contributed by atoms with Crippen molar-refractivity contribution in [1.82, 2.24) is 10.5 Å². The van der Waals surface area contributed by atoms with E-state index in [0.717, 1.165) is 0 Å². The molecule has 146 valence electrons. The second-order valence-corrected chi connectivity index (χ2v) is 6.51. The molecule has 1 amide bonds. The normalized spacial score (nSPS) is 15.2. The molecule has 1 N–H and O–H groups in total. The van der Waals surface area contributed by atoms with Gasteiger partial charge in [0.2, 0.25) is 11.7 Å². The van der Waals surface area contributed by atoms with E-state index in [4.69, 9.17) is 8.94 Å². The minimum absolute atomic E-state index is 0.176. The molecule has 4 rings (SSSR count). The Labute approximate surface area is 157 Å². The van der Waals surface area contributed by atoms with Crippen LogP contribution in [0.25, 0.3) is 11.5 Å². The van der Waals surface area contributed by atoms with Crippen LogP contribution >= 0.6 is 0 Å². The number of rotatable bonds is 6. The van der Waals surface area contributed by atoms with E-state index in [1.807, 2.05) is 0 Å². The molecule has 0 spiro atoms. The van der Waals surface area contributed by atoms with Crippen LogP contribution in [-0.2, 0) is 16.8 Å². The fraction of sp³-hybridized carbons (Fsp3) is 0.263. The summed E-state index contributed by atoms with van der Waals surface area (Å²) in [5.41, 5.74) is 0.439. The van der Waals surface area contributed by atoms with Crippen molar-refractivity contribution in [1.29, 1.82) is 0 Å². The molecule has 0 radical (unpaired) electrons. The van der Waals surface area contributed by atoms with Crippen LogP contribution < -0.4 is 10.1 Å². The van der Waals surface area contributed by atoms with Gasteiger partial charge in [0.1, 0.15) is 5.75 Å². The number of carbonyl (C=O) groups is 1. The minimum Gasteiger partial charge on any atom is -0.461 e. The topological polar surface area (TPSA) is 77.5 Å². The summed E-state index contributed by atoms with van der Waals surface area (Å²) in [5, 5.41) is 6.81. The molecule has 0 saturated heterocycles. The third-order valence-corrected chi connectivity index (χ3v) is 4.56. The lowest BCUT2D eigenvalue weighted by molar-refractivity contribution is -0.274. The number of amides is 1. The summed E-state index contributed by atoms with van der Waals surface area (Å²) in [6.45, 7) is 0.176. The van der Waals surface area contributed by atoms with Gasteiger partial charge in [0.05, 0.1) is 17.4 Å². The Morgan fingerprint density at radius 2 is 1.93 bits per heavy atom. The molecule has 9 heteroatoms. The van der Waals surface area contributed by atoms with E-state index < -0.39 is 11.8 Å². The van der Waals surface area contributed by atoms with Crippen molar-refractivity contribution in [3.63, 3.8) is 0 Å². The van der Waals surface area contributed by atoms with Crippen LogP contribution in [-0.4, -0.2) is 17.4 Å². The highest BCUT2D eigenvalue weighted by atomic mass is 19.4. The smallest absolute Gasteiger partial charge is 0.461 e. The van der Waals surface area contributed by atoms with Gasteiger partial charge in [0.15, 0.2) is 5.76 Å². The molecule has 1 aromatic carbocycles. The number of halogens is 3. The van der Waals surface area contributed by atoms with Crippen LogP contribution in [0, 0.1) is 0 Å². The molecule has 0 atom stereocenters. The van der Waals surface area contributed by atoms with Crippen molar-refractivity contribution in [3.8, 4) is 17.3 Å². The molecule has 1 fully saturated rings. The van der Waals surface area contributed by atoms with Gasteiger partial charge in [-0.1, -0.05) is 17.3 Å². The monoisotopic (exact) mass is 392 g/mol. The predicted octanol–water partition coefficient (Wildman–Crippen LogP) is 4.18. The van der Waals surface area contributed by atoms with E-state index in [1.54, 1.807) is 18.2 Å². The van der Waals surface area contributed by atoms with Crippen molar-refractivity contribution in [2.75, 3.05) is 0 Å². The number of nitrogens with one attached hydrogen (secondary N) is 1. The SMILES string of the molecule is O=C(NCc1ccc(OC(F)(F)F)cc1)C1(c2cc(-c3ccco3)on2)CC1. The van der Waals surface area contributed by atoms with E-state index in [1.165, 1.54) is 30.5 Å². The van der Waals surface area contributed by atoms with Crippen molar-refractivity contribution in [2.24, 2.45) is 0 Å². The van der Waals surface area contributed by atoms with Crippen LogP contribution in [0.4, 0.5) is 13.2 Å². The highest BCUT2D eigenvalue weighted by Crippen LogP contribution is 2.48. The average molecular weight is 392 g/mol. The van der Waals surface area contributed by atoms with Gasteiger partial charge in [-0.3, -0.25) is 4.79 Å². The zero-order valence-corrected chi connectivity index (χ0v) is 14.5. The third kappa shape index (κ3) is 3.73. The lowest BCUT2D eigenvalue weighted by Crippen LogP contribution is -2.34. The largest absolute Gasteiger partial charge is 0.573 e. The number of benzene rings is 1. The third-order valence-electron chi connectivity index (χ3n) is 4.56. The number of furan rings is 1. The number of ether oxygens (including phenoxy) is 1. The quantitative estimate of drug-likeness (QED) is 0.681. The maximum Gasteiger partial charge on any atom is 0.573 e. The summed E-state index contributed by atoms with van der Waals surface area (Å²) >= 11 is 0. The lowest BCUT2D eigenvalue weighted by Gasteiger charge is -2.13. The summed E-state index contributed by atoms with van der Waals surface area (Å²) in [5.74, 6) is 0.451. The first kappa shape index (κ1) is 18.1. The van der Waals surface area contributed by atoms with Gasteiger partial charge in [-0.25, -0.2) is 0 Å². The lowest BCUT2D eigenvalue weighted by atomic mass is 10.0. The van der Waals surface area contributed by atoms with Gasteiger partial charge in [0.25, 0.3) is 0 Å². The first-order valence-electron chi connectivity index (χ1n) is 8.50. The second-order valence-electron chi connectivity index (χ2n) is 6.51. The maximum atomic E-state index is 12.7.